The summed E-state index contributed by atoms with van der Waals surface area (Å²) in [4.78, 5) is 4.13. The van der Waals surface area contributed by atoms with E-state index in [1.165, 1.54) is 31.4 Å². The van der Waals surface area contributed by atoms with Gasteiger partial charge in [-0.25, -0.2) is 4.98 Å². The van der Waals surface area contributed by atoms with Gasteiger partial charge in [-0.1, -0.05) is 29.8 Å². The molecule has 0 amide bonds. The topological polar surface area (TPSA) is 55.1 Å². The van der Waals surface area contributed by atoms with Crippen LogP contribution in [0, 0.1) is 11.3 Å². The van der Waals surface area contributed by atoms with Gasteiger partial charge in [-0.05, 0) is 36.4 Å². The SMILES string of the molecule is COc1ccc(Oc2nc(-c3ccccc3Cl)cc(C(F)(F)F)c2C#N)cc1. The Morgan fingerprint density at radius 3 is 2.25 bits per heavy atom. The molecule has 3 rings (SSSR count). The third-order valence-electron chi connectivity index (χ3n) is 3.83. The van der Waals surface area contributed by atoms with Crippen LogP contribution in [0.1, 0.15) is 11.1 Å². The van der Waals surface area contributed by atoms with E-state index in [0.717, 1.165) is 6.07 Å². The van der Waals surface area contributed by atoms with Crippen molar-refractivity contribution < 1.29 is 22.6 Å². The van der Waals surface area contributed by atoms with Crippen molar-refractivity contribution in [1.82, 2.24) is 4.98 Å². The predicted octanol–water partition coefficient (Wildman–Crippen LogP) is 6.09. The molecule has 0 saturated carbocycles. The quantitative estimate of drug-likeness (QED) is 0.527. The van der Waals surface area contributed by atoms with Gasteiger partial charge in [-0.2, -0.15) is 18.4 Å². The third-order valence-corrected chi connectivity index (χ3v) is 4.16. The van der Waals surface area contributed by atoms with Gasteiger partial charge in [0.15, 0.2) is 0 Å². The van der Waals surface area contributed by atoms with Crippen LogP contribution in [0.25, 0.3) is 11.3 Å². The van der Waals surface area contributed by atoms with E-state index in [0.29, 0.717) is 11.3 Å². The summed E-state index contributed by atoms with van der Waals surface area (Å²) in [6.07, 6.45) is -4.78. The Labute approximate surface area is 163 Å². The second-order valence-corrected chi connectivity index (χ2v) is 6.01. The number of halogens is 4. The summed E-state index contributed by atoms with van der Waals surface area (Å²) >= 11 is 6.10. The van der Waals surface area contributed by atoms with Crippen molar-refractivity contribution in [3.63, 3.8) is 0 Å². The highest BCUT2D eigenvalue weighted by Gasteiger charge is 2.36. The number of hydrogen-bond donors (Lipinski definition) is 0. The van der Waals surface area contributed by atoms with Gasteiger partial charge in [0.05, 0.1) is 18.4 Å². The molecule has 142 valence electrons. The summed E-state index contributed by atoms with van der Waals surface area (Å²) in [5.41, 5.74) is -1.62. The van der Waals surface area contributed by atoms with Crippen LogP contribution in [0.2, 0.25) is 5.02 Å². The molecule has 0 saturated heterocycles. The number of pyridine rings is 1. The average molecular weight is 405 g/mol. The zero-order valence-electron chi connectivity index (χ0n) is 14.4. The molecule has 0 N–H and O–H groups in total. The number of nitriles is 1. The summed E-state index contributed by atoms with van der Waals surface area (Å²) < 4.78 is 51.2. The molecule has 0 spiro atoms. The van der Waals surface area contributed by atoms with E-state index >= 15 is 0 Å². The fourth-order valence-corrected chi connectivity index (χ4v) is 2.72. The number of aromatic nitrogens is 1. The Kier molecular flexibility index (Phi) is 5.43. The lowest BCUT2D eigenvalue weighted by molar-refractivity contribution is -0.137. The first-order chi connectivity index (χ1) is 13.3. The first kappa shape index (κ1) is 19.5. The minimum Gasteiger partial charge on any atom is -0.497 e. The summed E-state index contributed by atoms with van der Waals surface area (Å²) in [6, 6.07) is 14.8. The van der Waals surface area contributed by atoms with Crippen LogP contribution in [-0.2, 0) is 6.18 Å². The lowest BCUT2D eigenvalue weighted by Crippen LogP contribution is -2.10. The molecule has 28 heavy (non-hydrogen) atoms. The Bertz CT molecular complexity index is 1040. The number of rotatable bonds is 4. The van der Waals surface area contributed by atoms with Crippen molar-refractivity contribution >= 4 is 11.6 Å². The Morgan fingerprint density at radius 2 is 1.68 bits per heavy atom. The van der Waals surface area contributed by atoms with Crippen molar-refractivity contribution in [3.8, 4) is 34.7 Å². The molecule has 4 nitrogen and oxygen atoms in total. The van der Waals surface area contributed by atoms with Crippen LogP contribution in [0.15, 0.2) is 54.6 Å². The van der Waals surface area contributed by atoms with E-state index in [1.807, 2.05) is 0 Å². The largest absolute Gasteiger partial charge is 0.497 e. The summed E-state index contributed by atoms with van der Waals surface area (Å²) in [6.45, 7) is 0. The highest BCUT2D eigenvalue weighted by molar-refractivity contribution is 6.33. The van der Waals surface area contributed by atoms with Crippen molar-refractivity contribution in [2.75, 3.05) is 7.11 Å². The maximum absolute atomic E-state index is 13.6. The van der Waals surface area contributed by atoms with E-state index in [-0.39, 0.29) is 16.5 Å². The van der Waals surface area contributed by atoms with Gasteiger partial charge in [-0.15, -0.1) is 0 Å². The molecule has 0 aliphatic carbocycles. The molecule has 3 aromatic rings. The first-order valence-corrected chi connectivity index (χ1v) is 8.30. The number of nitrogens with zero attached hydrogens (tertiary/aromatic N) is 2. The molecule has 0 aliphatic heterocycles. The van der Waals surface area contributed by atoms with Crippen LogP contribution >= 0.6 is 11.6 Å². The summed E-state index contributed by atoms with van der Waals surface area (Å²) in [7, 11) is 1.48. The van der Waals surface area contributed by atoms with E-state index in [1.54, 1.807) is 30.3 Å². The number of benzene rings is 2. The standard InChI is InChI=1S/C20H12ClF3N2O2/c1-27-12-6-8-13(9-7-12)28-19-15(11-25)16(20(22,23)24)10-18(26-19)14-4-2-3-5-17(14)21/h2-10H,1H3. The fourth-order valence-electron chi connectivity index (χ4n) is 2.49. The lowest BCUT2D eigenvalue weighted by atomic mass is 10.0. The maximum Gasteiger partial charge on any atom is 0.417 e. The van der Waals surface area contributed by atoms with Crippen molar-refractivity contribution in [1.29, 1.82) is 5.26 Å². The van der Waals surface area contributed by atoms with Crippen LogP contribution in [-0.4, -0.2) is 12.1 Å². The number of alkyl halides is 3. The van der Waals surface area contributed by atoms with Crippen LogP contribution in [0.3, 0.4) is 0 Å². The molecule has 8 heteroatoms. The predicted molar refractivity (Wildman–Crippen MR) is 97.5 cm³/mol. The van der Waals surface area contributed by atoms with Gasteiger partial charge in [-0.3, -0.25) is 0 Å². The van der Waals surface area contributed by atoms with Gasteiger partial charge in [0.1, 0.15) is 23.1 Å². The molecular weight excluding hydrogens is 393 g/mol. The highest BCUT2D eigenvalue weighted by atomic mass is 35.5. The van der Waals surface area contributed by atoms with Gasteiger partial charge in [0.25, 0.3) is 0 Å². The maximum atomic E-state index is 13.6. The zero-order valence-corrected chi connectivity index (χ0v) is 15.2. The smallest absolute Gasteiger partial charge is 0.417 e. The third kappa shape index (κ3) is 4.02. The Morgan fingerprint density at radius 1 is 1.04 bits per heavy atom. The number of methoxy groups -OCH3 is 1. The monoisotopic (exact) mass is 404 g/mol. The van der Waals surface area contributed by atoms with Crippen LogP contribution in [0.5, 0.6) is 17.4 Å². The summed E-state index contributed by atoms with van der Waals surface area (Å²) in [5.74, 6) is 0.285. The van der Waals surface area contributed by atoms with Gasteiger partial charge < -0.3 is 9.47 Å². The molecule has 0 radical (unpaired) electrons. The second-order valence-electron chi connectivity index (χ2n) is 5.60. The van der Waals surface area contributed by atoms with E-state index < -0.39 is 23.2 Å². The van der Waals surface area contributed by atoms with Crippen molar-refractivity contribution in [3.05, 3.63) is 70.7 Å². The van der Waals surface area contributed by atoms with Crippen LogP contribution in [0.4, 0.5) is 13.2 Å². The Balaban J connectivity index is 2.17. The molecule has 1 aromatic heterocycles. The Hall–Kier alpha value is -3.24. The zero-order chi connectivity index (χ0) is 20.3. The molecule has 0 atom stereocenters. The molecular formula is C20H12ClF3N2O2. The normalized spacial score (nSPS) is 11.0. The lowest BCUT2D eigenvalue weighted by Gasteiger charge is -2.15. The minimum absolute atomic E-state index is 0.0552. The van der Waals surface area contributed by atoms with Gasteiger partial charge in [0, 0.05) is 10.6 Å². The van der Waals surface area contributed by atoms with Gasteiger partial charge in [0.2, 0.25) is 5.88 Å². The minimum atomic E-state index is -4.78. The molecule has 0 bridgehead atoms. The van der Waals surface area contributed by atoms with Crippen molar-refractivity contribution in [2.45, 2.75) is 6.18 Å². The molecule has 0 fully saturated rings. The fraction of sp³-hybridized carbons (Fsp3) is 0.100. The molecule has 2 aromatic carbocycles. The summed E-state index contributed by atoms with van der Waals surface area (Å²) in [5, 5.41) is 9.55. The first-order valence-electron chi connectivity index (χ1n) is 7.92. The molecule has 0 unspecified atom stereocenters. The van der Waals surface area contributed by atoms with Crippen molar-refractivity contribution in [2.24, 2.45) is 0 Å². The number of hydrogen-bond acceptors (Lipinski definition) is 4. The van der Waals surface area contributed by atoms with E-state index in [2.05, 4.69) is 4.98 Å². The molecule has 1 heterocycles. The highest BCUT2D eigenvalue weighted by Crippen LogP contribution is 2.40. The average Bonchev–Trinajstić information content (AvgIpc) is 2.67. The van der Waals surface area contributed by atoms with Gasteiger partial charge >= 0.3 is 6.18 Å². The number of ether oxygens (including phenoxy) is 2. The van der Waals surface area contributed by atoms with Crippen LogP contribution < -0.4 is 9.47 Å². The molecule has 0 aliphatic rings. The van der Waals surface area contributed by atoms with E-state index in [4.69, 9.17) is 21.1 Å². The second kappa shape index (κ2) is 7.79. The van der Waals surface area contributed by atoms with E-state index in [9.17, 15) is 18.4 Å².